The standard InChI is InChI=1S/C20H31ClN4O/c1-16-7-9-25(10-8-16)20(22-2)23-15-19(24-11-13-26-14-12-24)17-3-5-18(21)6-4-17/h3-6,16,19H,7-15H2,1-2H3,(H,22,23). The van der Waals surface area contributed by atoms with Crippen molar-refractivity contribution in [3.05, 3.63) is 34.9 Å². The Hall–Kier alpha value is -1.30. The van der Waals surface area contributed by atoms with Gasteiger partial charge in [-0.1, -0.05) is 30.7 Å². The molecule has 6 heteroatoms. The fourth-order valence-electron chi connectivity index (χ4n) is 3.77. The normalized spacial score (nSPS) is 21.7. The Bertz CT molecular complexity index is 578. The molecule has 0 amide bonds. The van der Waals surface area contributed by atoms with Crippen molar-refractivity contribution >= 4 is 17.6 Å². The molecule has 0 aromatic heterocycles. The molecule has 144 valence electrons. The molecule has 2 fully saturated rings. The van der Waals surface area contributed by atoms with Gasteiger partial charge in [-0.3, -0.25) is 9.89 Å². The number of piperidine rings is 1. The minimum absolute atomic E-state index is 0.289. The highest BCUT2D eigenvalue weighted by molar-refractivity contribution is 6.30. The number of benzene rings is 1. The number of rotatable bonds is 4. The van der Waals surface area contributed by atoms with E-state index in [1.54, 1.807) is 0 Å². The minimum Gasteiger partial charge on any atom is -0.379 e. The lowest BCUT2D eigenvalue weighted by atomic mass is 9.99. The lowest BCUT2D eigenvalue weighted by Crippen LogP contribution is -2.49. The van der Waals surface area contributed by atoms with Crippen molar-refractivity contribution in [1.29, 1.82) is 0 Å². The lowest BCUT2D eigenvalue weighted by molar-refractivity contribution is 0.0168. The van der Waals surface area contributed by atoms with Crippen LogP contribution in [0.4, 0.5) is 0 Å². The summed E-state index contributed by atoms with van der Waals surface area (Å²) in [6, 6.07) is 8.51. The second-order valence-corrected chi connectivity index (χ2v) is 7.75. The SMILES string of the molecule is CN=C(NCC(c1ccc(Cl)cc1)N1CCOCC1)N1CCC(C)CC1. The van der Waals surface area contributed by atoms with Crippen molar-refractivity contribution in [3.63, 3.8) is 0 Å². The summed E-state index contributed by atoms with van der Waals surface area (Å²) >= 11 is 6.09. The maximum absolute atomic E-state index is 6.09. The molecule has 1 unspecified atom stereocenters. The van der Waals surface area contributed by atoms with Crippen molar-refractivity contribution in [2.75, 3.05) is 53.0 Å². The van der Waals surface area contributed by atoms with Gasteiger partial charge in [-0.2, -0.15) is 0 Å². The Morgan fingerprint density at radius 3 is 2.46 bits per heavy atom. The van der Waals surface area contributed by atoms with E-state index in [9.17, 15) is 0 Å². The topological polar surface area (TPSA) is 40.1 Å². The fourth-order valence-corrected chi connectivity index (χ4v) is 3.90. The van der Waals surface area contributed by atoms with E-state index in [4.69, 9.17) is 16.3 Å². The molecule has 0 saturated carbocycles. The van der Waals surface area contributed by atoms with Crippen molar-refractivity contribution in [3.8, 4) is 0 Å². The van der Waals surface area contributed by atoms with Gasteiger partial charge in [0, 0.05) is 44.8 Å². The van der Waals surface area contributed by atoms with Crippen LogP contribution in [-0.4, -0.2) is 68.7 Å². The van der Waals surface area contributed by atoms with Crippen LogP contribution in [-0.2, 0) is 4.74 Å². The number of aliphatic imine (C=N–C) groups is 1. The van der Waals surface area contributed by atoms with Crippen molar-refractivity contribution in [2.24, 2.45) is 10.9 Å². The van der Waals surface area contributed by atoms with Crippen LogP contribution in [0.2, 0.25) is 5.02 Å². The number of nitrogens with zero attached hydrogens (tertiary/aromatic N) is 3. The molecular weight excluding hydrogens is 348 g/mol. The van der Waals surface area contributed by atoms with Crippen LogP contribution in [0.3, 0.4) is 0 Å². The zero-order valence-corrected chi connectivity index (χ0v) is 16.7. The molecule has 2 aliphatic rings. The minimum atomic E-state index is 0.289. The maximum atomic E-state index is 6.09. The van der Waals surface area contributed by atoms with Crippen molar-refractivity contribution in [2.45, 2.75) is 25.8 Å². The molecular formula is C20H31ClN4O. The lowest BCUT2D eigenvalue weighted by Gasteiger charge is -2.37. The van der Waals surface area contributed by atoms with E-state index in [0.29, 0.717) is 0 Å². The quantitative estimate of drug-likeness (QED) is 0.645. The van der Waals surface area contributed by atoms with E-state index in [1.807, 2.05) is 19.2 Å². The van der Waals surface area contributed by atoms with Gasteiger partial charge < -0.3 is 15.0 Å². The highest BCUT2D eigenvalue weighted by Crippen LogP contribution is 2.23. The molecule has 2 aliphatic heterocycles. The molecule has 1 N–H and O–H groups in total. The monoisotopic (exact) mass is 378 g/mol. The number of halogens is 1. The summed E-state index contributed by atoms with van der Waals surface area (Å²) in [6.07, 6.45) is 2.48. The average Bonchev–Trinajstić information content (AvgIpc) is 2.68. The van der Waals surface area contributed by atoms with Crippen LogP contribution in [0.1, 0.15) is 31.4 Å². The van der Waals surface area contributed by atoms with Gasteiger partial charge in [0.1, 0.15) is 0 Å². The Balaban J connectivity index is 1.67. The predicted molar refractivity (Wildman–Crippen MR) is 108 cm³/mol. The molecule has 0 bridgehead atoms. The van der Waals surface area contributed by atoms with Crippen LogP contribution < -0.4 is 5.32 Å². The third-order valence-corrected chi connectivity index (χ3v) is 5.74. The number of ether oxygens (including phenoxy) is 1. The number of hydrogen-bond acceptors (Lipinski definition) is 3. The second-order valence-electron chi connectivity index (χ2n) is 7.31. The van der Waals surface area contributed by atoms with Crippen LogP contribution in [0.15, 0.2) is 29.3 Å². The maximum Gasteiger partial charge on any atom is 0.193 e. The van der Waals surface area contributed by atoms with E-state index < -0.39 is 0 Å². The molecule has 5 nitrogen and oxygen atoms in total. The number of hydrogen-bond donors (Lipinski definition) is 1. The largest absolute Gasteiger partial charge is 0.379 e. The molecule has 3 rings (SSSR count). The summed E-state index contributed by atoms with van der Waals surface area (Å²) in [5.74, 6) is 1.84. The first-order chi connectivity index (χ1) is 12.7. The Morgan fingerprint density at radius 1 is 1.19 bits per heavy atom. The van der Waals surface area contributed by atoms with Crippen molar-refractivity contribution in [1.82, 2.24) is 15.1 Å². The van der Waals surface area contributed by atoms with Crippen LogP contribution in [0, 0.1) is 5.92 Å². The van der Waals surface area contributed by atoms with Gasteiger partial charge in [-0.05, 0) is 36.5 Å². The third-order valence-electron chi connectivity index (χ3n) is 5.49. The number of nitrogens with one attached hydrogen (secondary N) is 1. The summed E-state index contributed by atoms with van der Waals surface area (Å²) in [5, 5.41) is 4.40. The number of morpholine rings is 1. The predicted octanol–water partition coefficient (Wildman–Crippen LogP) is 3.02. The molecule has 1 atom stereocenters. The summed E-state index contributed by atoms with van der Waals surface area (Å²) in [7, 11) is 1.88. The number of guanidine groups is 1. The van der Waals surface area contributed by atoms with Crippen LogP contribution >= 0.6 is 11.6 Å². The van der Waals surface area contributed by atoms with E-state index in [-0.39, 0.29) is 6.04 Å². The number of likely N-dealkylation sites (tertiary alicyclic amines) is 1. The molecule has 26 heavy (non-hydrogen) atoms. The molecule has 0 radical (unpaired) electrons. The molecule has 1 aromatic carbocycles. The zero-order valence-electron chi connectivity index (χ0n) is 16.0. The van der Waals surface area contributed by atoms with Crippen LogP contribution in [0.25, 0.3) is 0 Å². The summed E-state index contributed by atoms with van der Waals surface area (Å²) in [6.45, 7) is 8.84. The van der Waals surface area contributed by atoms with Crippen molar-refractivity contribution < 1.29 is 4.74 Å². The summed E-state index contributed by atoms with van der Waals surface area (Å²) < 4.78 is 5.54. The van der Waals surface area contributed by atoms with E-state index in [0.717, 1.165) is 62.8 Å². The summed E-state index contributed by atoms with van der Waals surface area (Å²) in [4.78, 5) is 9.41. The Kier molecular flexibility index (Phi) is 7.17. The fraction of sp³-hybridized carbons (Fsp3) is 0.650. The highest BCUT2D eigenvalue weighted by atomic mass is 35.5. The van der Waals surface area contributed by atoms with E-state index >= 15 is 0 Å². The summed E-state index contributed by atoms with van der Waals surface area (Å²) in [5.41, 5.74) is 1.28. The average molecular weight is 379 g/mol. The van der Waals surface area contributed by atoms with Gasteiger partial charge in [-0.15, -0.1) is 0 Å². The Labute approximate surface area is 162 Å². The first-order valence-electron chi connectivity index (χ1n) is 9.70. The van der Waals surface area contributed by atoms with E-state index in [2.05, 4.69) is 39.2 Å². The van der Waals surface area contributed by atoms with Gasteiger partial charge in [0.25, 0.3) is 0 Å². The second kappa shape index (κ2) is 9.58. The van der Waals surface area contributed by atoms with Gasteiger partial charge in [-0.25, -0.2) is 0 Å². The van der Waals surface area contributed by atoms with Crippen LogP contribution in [0.5, 0.6) is 0 Å². The molecule has 0 spiro atoms. The third kappa shape index (κ3) is 5.12. The van der Waals surface area contributed by atoms with Gasteiger partial charge in [0.05, 0.1) is 19.3 Å². The molecule has 0 aliphatic carbocycles. The van der Waals surface area contributed by atoms with Gasteiger partial charge >= 0.3 is 0 Å². The zero-order chi connectivity index (χ0) is 18.4. The molecule has 2 heterocycles. The molecule has 2 saturated heterocycles. The first kappa shape index (κ1) is 19.5. The van der Waals surface area contributed by atoms with Gasteiger partial charge in [0.2, 0.25) is 0 Å². The highest BCUT2D eigenvalue weighted by Gasteiger charge is 2.24. The van der Waals surface area contributed by atoms with E-state index in [1.165, 1.54) is 18.4 Å². The first-order valence-corrected chi connectivity index (χ1v) is 10.1. The van der Waals surface area contributed by atoms with Gasteiger partial charge in [0.15, 0.2) is 5.96 Å². The smallest absolute Gasteiger partial charge is 0.193 e. The molecule has 1 aromatic rings. The Morgan fingerprint density at radius 2 is 1.85 bits per heavy atom.